The van der Waals surface area contributed by atoms with Gasteiger partial charge in [0.05, 0.1) is 5.69 Å². The van der Waals surface area contributed by atoms with Crippen LogP contribution in [0.2, 0.25) is 0 Å². The molecular formula is C14H13BrN2O. The van der Waals surface area contributed by atoms with Crippen molar-refractivity contribution < 1.29 is 4.79 Å². The first-order chi connectivity index (χ1) is 8.56. The summed E-state index contributed by atoms with van der Waals surface area (Å²) in [6.07, 6.45) is 3.28. The van der Waals surface area contributed by atoms with Gasteiger partial charge in [-0.3, -0.25) is 9.48 Å². The highest BCUT2D eigenvalue weighted by Gasteiger charge is 2.02. The zero-order chi connectivity index (χ0) is 13.1. The van der Waals surface area contributed by atoms with Crippen molar-refractivity contribution in [3.63, 3.8) is 0 Å². The zero-order valence-corrected chi connectivity index (χ0v) is 11.8. The highest BCUT2D eigenvalue weighted by molar-refractivity contribution is 9.10. The Morgan fingerprint density at radius 2 is 2.00 bits per heavy atom. The summed E-state index contributed by atoms with van der Waals surface area (Å²) in [6, 6.07) is 9.23. The molecule has 0 saturated carbocycles. The van der Waals surface area contributed by atoms with E-state index in [1.165, 1.54) is 0 Å². The molecule has 1 heterocycles. The molecule has 0 unspecified atom stereocenters. The van der Waals surface area contributed by atoms with E-state index in [-0.39, 0.29) is 5.78 Å². The number of aromatic nitrogens is 2. The number of benzene rings is 1. The van der Waals surface area contributed by atoms with Crippen molar-refractivity contribution in [1.82, 2.24) is 9.78 Å². The van der Waals surface area contributed by atoms with Crippen LogP contribution in [0.4, 0.5) is 0 Å². The van der Waals surface area contributed by atoms with E-state index in [2.05, 4.69) is 21.0 Å². The molecule has 0 radical (unpaired) electrons. The van der Waals surface area contributed by atoms with E-state index >= 15 is 0 Å². The zero-order valence-electron chi connectivity index (χ0n) is 10.2. The van der Waals surface area contributed by atoms with Gasteiger partial charge in [0.25, 0.3) is 0 Å². The lowest BCUT2D eigenvalue weighted by molar-refractivity contribution is 0.104. The monoisotopic (exact) mass is 304 g/mol. The van der Waals surface area contributed by atoms with Crippen LogP contribution in [0.25, 0.3) is 6.08 Å². The van der Waals surface area contributed by atoms with Crippen LogP contribution in [0.15, 0.2) is 40.9 Å². The van der Waals surface area contributed by atoms with Crippen LogP contribution in [0, 0.1) is 6.92 Å². The summed E-state index contributed by atoms with van der Waals surface area (Å²) < 4.78 is 2.74. The van der Waals surface area contributed by atoms with Crippen molar-refractivity contribution in [2.24, 2.45) is 7.05 Å². The molecule has 2 aromatic rings. The Morgan fingerprint density at radius 1 is 1.33 bits per heavy atom. The third-order valence-corrected chi connectivity index (χ3v) is 3.20. The normalized spacial score (nSPS) is 11.1. The Labute approximate surface area is 114 Å². The summed E-state index contributed by atoms with van der Waals surface area (Å²) >= 11 is 3.34. The van der Waals surface area contributed by atoms with Gasteiger partial charge in [-0.1, -0.05) is 15.9 Å². The van der Waals surface area contributed by atoms with Crippen molar-refractivity contribution in [2.75, 3.05) is 0 Å². The molecule has 0 aliphatic carbocycles. The van der Waals surface area contributed by atoms with Gasteiger partial charge in [-0.15, -0.1) is 0 Å². The minimum atomic E-state index is -0.0224. The second kappa shape index (κ2) is 5.31. The van der Waals surface area contributed by atoms with Crippen LogP contribution in [-0.2, 0) is 7.05 Å². The number of ketones is 1. The summed E-state index contributed by atoms with van der Waals surface area (Å²) in [7, 11) is 1.88. The second-order valence-electron chi connectivity index (χ2n) is 4.04. The number of aryl methyl sites for hydroxylation is 2. The summed E-state index contributed by atoms with van der Waals surface area (Å²) in [5, 5.41) is 4.26. The number of halogens is 1. The van der Waals surface area contributed by atoms with Gasteiger partial charge in [-0.25, -0.2) is 0 Å². The fraction of sp³-hybridized carbons (Fsp3) is 0.143. The molecule has 18 heavy (non-hydrogen) atoms. The first-order valence-corrected chi connectivity index (χ1v) is 6.34. The lowest BCUT2D eigenvalue weighted by Gasteiger charge is -1.95. The van der Waals surface area contributed by atoms with Crippen LogP contribution >= 0.6 is 15.9 Å². The van der Waals surface area contributed by atoms with E-state index in [9.17, 15) is 4.79 Å². The van der Waals surface area contributed by atoms with E-state index in [0.29, 0.717) is 5.56 Å². The fourth-order valence-electron chi connectivity index (χ4n) is 1.54. The Morgan fingerprint density at radius 3 is 2.56 bits per heavy atom. The number of carbonyl (C=O) groups excluding carboxylic acids is 1. The van der Waals surface area contributed by atoms with Crippen LogP contribution in [0.5, 0.6) is 0 Å². The van der Waals surface area contributed by atoms with Gasteiger partial charge in [0.15, 0.2) is 5.78 Å². The van der Waals surface area contributed by atoms with Crippen LogP contribution in [0.1, 0.15) is 21.7 Å². The minimum absolute atomic E-state index is 0.0224. The number of nitrogens with zero attached hydrogens (tertiary/aromatic N) is 2. The molecule has 0 amide bonds. The van der Waals surface area contributed by atoms with E-state index in [0.717, 1.165) is 15.9 Å². The highest BCUT2D eigenvalue weighted by Crippen LogP contribution is 2.12. The molecule has 4 heteroatoms. The maximum atomic E-state index is 11.9. The molecule has 0 saturated heterocycles. The summed E-state index contributed by atoms with van der Waals surface area (Å²) in [5.41, 5.74) is 2.52. The van der Waals surface area contributed by atoms with Gasteiger partial charge in [0.1, 0.15) is 0 Å². The molecule has 0 fully saturated rings. The van der Waals surface area contributed by atoms with Crippen LogP contribution < -0.4 is 0 Å². The average Bonchev–Trinajstić information content (AvgIpc) is 2.67. The molecule has 0 aliphatic rings. The highest BCUT2D eigenvalue weighted by atomic mass is 79.9. The SMILES string of the molecule is Cc1cc(/C=C/C(=O)c2ccc(Br)cc2)nn1C. The Hall–Kier alpha value is -1.68. The quantitative estimate of drug-likeness (QED) is 0.643. The maximum absolute atomic E-state index is 11.9. The molecule has 0 spiro atoms. The van der Waals surface area contributed by atoms with Crippen LogP contribution in [0.3, 0.4) is 0 Å². The Kier molecular flexibility index (Phi) is 3.77. The summed E-state index contributed by atoms with van der Waals surface area (Å²) in [5.74, 6) is -0.0224. The summed E-state index contributed by atoms with van der Waals surface area (Å²) in [6.45, 7) is 1.97. The molecule has 2 rings (SSSR count). The molecule has 92 valence electrons. The van der Waals surface area contributed by atoms with E-state index in [1.54, 1.807) is 29.0 Å². The van der Waals surface area contributed by atoms with Crippen molar-refractivity contribution >= 4 is 27.8 Å². The van der Waals surface area contributed by atoms with Gasteiger partial charge >= 0.3 is 0 Å². The molecule has 0 bridgehead atoms. The Bertz CT molecular complexity index is 577. The number of hydrogen-bond acceptors (Lipinski definition) is 2. The van der Waals surface area contributed by atoms with E-state index < -0.39 is 0 Å². The molecule has 0 atom stereocenters. The first kappa shape index (κ1) is 12.8. The molecule has 0 N–H and O–H groups in total. The first-order valence-electron chi connectivity index (χ1n) is 5.55. The maximum Gasteiger partial charge on any atom is 0.185 e. The smallest absolute Gasteiger partial charge is 0.185 e. The largest absolute Gasteiger partial charge is 0.289 e. The van der Waals surface area contributed by atoms with E-state index in [4.69, 9.17) is 0 Å². The third kappa shape index (κ3) is 2.96. The lowest BCUT2D eigenvalue weighted by atomic mass is 10.1. The topological polar surface area (TPSA) is 34.9 Å². The van der Waals surface area contributed by atoms with Gasteiger partial charge in [-0.2, -0.15) is 5.10 Å². The molecule has 1 aromatic carbocycles. The molecule has 0 aliphatic heterocycles. The third-order valence-electron chi connectivity index (χ3n) is 2.67. The lowest BCUT2D eigenvalue weighted by Crippen LogP contribution is -1.94. The predicted octanol–water partition coefficient (Wildman–Crippen LogP) is 3.39. The molecule has 3 nitrogen and oxygen atoms in total. The summed E-state index contributed by atoms with van der Waals surface area (Å²) in [4.78, 5) is 11.9. The fourth-order valence-corrected chi connectivity index (χ4v) is 1.81. The van der Waals surface area contributed by atoms with Gasteiger partial charge in [0.2, 0.25) is 0 Å². The van der Waals surface area contributed by atoms with E-state index in [1.807, 2.05) is 32.2 Å². The van der Waals surface area contributed by atoms with Gasteiger partial charge < -0.3 is 0 Å². The second-order valence-corrected chi connectivity index (χ2v) is 4.95. The number of allylic oxidation sites excluding steroid dienone is 1. The minimum Gasteiger partial charge on any atom is -0.289 e. The van der Waals surface area contributed by atoms with Crippen molar-refractivity contribution in [3.8, 4) is 0 Å². The average molecular weight is 305 g/mol. The number of hydrogen-bond donors (Lipinski definition) is 0. The van der Waals surface area contributed by atoms with Gasteiger partial charge in [0, 0.05) is 22.8 Å². The van der Waals surface area contributed by atoms with Crippen LogP contribution in [-0.4, -0.2) is 15.6 Å². The van der Waals surface area contributed by atoms with Gasteiger partial charge in [-0.05, 0) is 49.4 Å². The Balaban J connectivity index is 2.14. The molecular weight excluding hydrogens is 292 g/mol. The number of rotatable bonds is 3. The predicted molar refractivity (Wildman–Crippen MR) is 75.5 cm³/mol. The van der Waals surface area contributed by atoms with Crippen molar-refractivity contribution in [3.05, 3.63) is 57.8 Å². The van der Waals surface area contributed by atoms with Crippen molar-refractivity contribution in [2.45, 2.75) is 6.92 Å². The van der Waals surface area contributed by atoms with Crippen molar-refractivity contribution in [1.29, 1.82) is 0 Å². The molecule has 1 aromatic heterocycles. The standard InChI is InChI=1S/C14H13BrN2O/c1-10-9-13(16-17(10)2)7-8-14(18)11-3-5-12(15)6-4-11/h3-9H,1-2H3/b8-7+. The number of carbonyl (C=O) groups is 1.